The molecule has 0 bridgehead atoms. The standard InChI is InChI=1S/C27H35FN4O2/c1-3-29-27(34)32-18-23(22-9-10-25(28)20(2)15-22)16-24(19-32)26(33)31-13-11-30(12-14-31)17-21-7-5-4-6-8-21/h4-10,15,23-24H,3,11-14,16-19H2,1-2H3,(H,29,34). The van der Waals surface area contributed by atoms with Crippen LogP contribution in [-0.2, 0) is 11.3 Å². The number of halogens is 1. The van der Waals surface area contributed by atoms with Crippen LogP contribution in [0.3, 0.4) is 0 Å². The molecule has 2 unspecified atom stereocenters. The van der Waals surface area contributed by atoms with Crippen LogP contribution in [0, 0.1) is 18.7 Å². The molecule has 1 N–H and O–H groups in total. The first-order valence-electron chi connectivity index (χ1n) is 12.3. The number of carbonyl (C=O) groups excluding carboxylic acids is 2. The van der Waals surface area contributed by atoms with E-state index in [0.717, 1.165) is 25.2 Å². The van der Waals surface area contributed by atoms with E-state index in [1.54, 1.807) is 17.9 Å². The lowest BCUT2D eigenvalue weighted by molar-refractivity contribution is -0.139. The Bertz CT molecular complexity index is 991. The Morgan fingerprint density at radius 1 is 1.00 bits per heavy atom. The van der Waals surface area contributed by atoms with E-state index >= 15 is 0 Å². The van der Waals surface area contributed by atoms with Crippen molar-refractivity contribution < 1.29 is 14.0 Å². The highest BCUT2D eigenvalue weighted by Gasteiger charge is 2.37. The normalized spacial score (nSPS) is 21.4. The number of carbonyl (C=O) groups is 2. The minimum absolute atomic E-state index is 0.00368. The molecule has 2 fully saturated rings. The van der Waals surface area contributed by atoms with Gasteiger partial charge in [-0.3, -0.25) is 9.69 Å². The number of nitrogens with zero attached hydrogens (tertiary/aromatic N) is 3. The zero-order valence-corrected chi connectivity index (χ0v) is 20.2. The average molecular weight is 467 g/mol. The highest BCUT2D eigenvalue weighted by atomic mass is 19.1. The number of piperidine rings is 1. The van der Waals surface area contributed by atoms with Gasteiger partial charge in [0.25, 0.3) is 0 Å². The van der Waals surface area contributed by atoms with E-state index in [1.165, 1.54) is 11.6 Å². The SMILES string of the molecule is CCNC(=O)N1CC(C(=O)N2CCN(Cc3ccccc3)CC2)CC(c2ccc(F)c(C)c2)C1. The molecule has 2 atom stereocenters. The summed E-state index contributed by atoms with van der Waals surface area (Å²) in [5.74, 6) is -0.366. The first-order chi connectivity index (χ1) is 16.4. The van der Waals surface area contributed by atoms with Crippen LogP contribution in [0.15, 0.2) is 48.5 Å². The van der Waals surface area contributed by atoms with Gasteiger partial charge in [0.2, 0.25) is 5.91 Å². The molecule has 0 spiro atoms. The van der Waals surface area contributed by atoms with Crippen LogP contribution >= 0.6 is 0 Å². The predicted octanol–water partition coefficient (Wildman–Crippen LogP) is 3.61. The monoisotopic (exact) mass is 466 g/mol. The van der Waals surface area contributed by atoms with Crippen molar-refractivity contribution in [2.75, 3.05) is 45.8 Å². The van der Waals surface area contributed by atoms with Crippen LogP contribution < -0.4 is 5.32 Å². The summed E-state index contributed by atoms with van der Waals surface area (Å²) >= 11 is 0. The van der Waals surface area contributed by atoms with E-state index in [2.05, 4.69) is 34.5 Å². The molecule has 6 nitrogen and oxygen atoms in total. The second-order valence-electron chi connectivity index (χ2n) is 9.47. The molecule has 2 aromatic carbocycles. The Kier molecular flexibility index (Phi) is 7.83. The van der Waals surface area contributed by atoms with Gasteiger partial charge in [0.1, 0.15) is 5.82 Å². The fraction of sp³-hybridized carbons (Fsp3) is 0.481. The summed E-state index contributed by atoms with van der Waals surface area (Å²) in [5, 5.41) is 2.87. The smallest absolute Gasteiger partial charge is 0.317 e. The zero-order chi connectivity index (χ0) is 24.1. The van der Waals surface area contributed by atoms with E-state index in [0.29, 0.717) is 44.7 Å². The molecule has 3 amide bonds. The van der Waals surface area contributed by atoms with Crippen LogP contribution in [0.4, 0.5) is 9.18 Å². The van der Waals surface area contributed by atoms with Gasteiger partial charge in [0, 0.05) is 58.3 Å². The lowest BCUT2D eigenvalue weighted by Crippen LogP contribution is -2.54. The Morgan fingerprint density at radius 2 is 1.74 bits per heavy atom. The van der Waals surface area contributed by atoms with Gasteiger partial charge in [-0.25, -0.2) is 9.18 Å². The van der Waals surface area contributed by atoms with E-state index in [-0.39, 0.29) is 29.6 Å². The van der Waals surface area contributed by atoms with Crippen molar-refractivity contribution in [3.05, 3.63) is 71.0 Å². The maximum absolute atomic E-state index is 13.8. The average Bonchev–Trinajstić information content (AvgIpc) is 2.86. The first kappa shape index (κ1) is 24.2. The Labute approximate surface area is 201 Å². The van der Waals surface area contributed by atoms with Crippen molar-refractivity contribution in [2.45, 2.75) is 32.7 Å². The number of aryl methyl sites for hydroxylation is 1. The van der Waals surface area contributed by atoms with Crippen LogP contribution in [0.1, 0.15) is 36.0 Å². The molecule has 2 aliphatic heterocycles. The molecule has 2 saturated heterocycles. The number of hydrogen-bond acceptors (Lipinski definition) is 3. The summed E-state index contributed by atoms with van der Waals surface area (Å²) in [5.41, 5.74) is 2.85. The molecule has 4 rings (SSSR count). The largest absolute Gasteiger partial charge is 0.340 e. The third-order valence-corrected chi connectivity index (χ3v) is 7.00. The van der Waals surface area contributed by atoms with Crippen molar-refractivity contribution >= 4 is 11.9 Å². The van der Waals surface area contributed by atoms with Gasteiger partial charge >= 0.3 is 6.03 Å². The first-order valence-corrected chi connectivity index (χ1v) is 12.3. The fourth-order valence-corrected chi connectivity index (χ4v) is 5.10. The van der Waals surface area contributed by atoms with Crippen molar-refractivity contribution in [1.82, 2.24) is 20.0 Å². The Morgan fingerprint density at radius 3 is 2.41 bits per heavy atom. The minimum Gasteiger partial charge on any atom is -0.340 e. The molecule has 0 aliphatic carbocycles. The second kappa shape index (κ2) is 11.0. The van der Waals surface area contributed by atoms with Crippen molar-refractivity contribution in [2.24, 2.45) is 5.92 Å². The van der Waals surface area contributed by atoms with Crippen LogP contribution in [0.5, 0.6) is 0 Å². The number of urea groups is 1. The molecular weight excluding hydrogens is 431 g/mol. The van der Waals surface area contributed by atoms with Gasteiger partial charge in [0.05, 0.1) is 5.92 Å². The number of amides is 3. The van der Waals surface area contributed by atoms with Gasteiger partial charge in [-0.15, -0.1) is 0 Å². The molecular formula is C27H35FN4O2. The Balaban J connectivity index is 1.42. The molecule has 7 heteroatoms. The van der Waals surface area contributed by atoms with Gasteiger partial charge in [-0.2, -0.15) is 0 Å². The van der Waals surface area contributed by atoms with Gasteiger partial charge in [0.15, 0.2) is 0 Å². The van der Waals surface area contributed by atoms with Crippen molar-refractivity contribution in [3.63, 3.8) is 0 Å². The number of benzene rings is 2. The Hall–Kier alpha value is -2.93. The van der Waals surface area contributed by atoms with Crippen molar-refractivity contribution in [1.29, 1.82) is 0 Å². The van der Waals surface area contributed by atoms with E-state index in [4.69, 9.17) is 0 Å². The predicted molar refractivity (Wildman–Crippen MR) is 131 cm³/mol. The van der Waals surface area contributed by atoms with Crippen molar-refractivity contribution in [3.8, 4) is 0 Å². The third kappa shape index (κ3) is 5.76. The lowest BCUT2D eigenvalue weighted by Gasteiger charge is -2.41. The molecule has 2 aromatic rings. The summed E-state index contributed by atoms with van der Waals surface area (Å²) in [6.07, 6.45) is 0.671. The van der Waals surface area contributed by atoms with E-state index in [1.807, 2.05) is 24.0 Å². The summed E-state index contributed by atoms with van der Waals surface area (Å²) in [6.45, 7) is 9.11. The maximum atomic E-state index is 13.8. The number of hydrogen-bond donors (Lipinski definition) is 1. The highest BCUT2D eigenvalue weighted by molar-refractivity contribution is 5.81. The summed E-state index contributed by atoms with van der Waals surface area (Å²) < 4.78 is 13.8. The summed E-state index contributed by atoms with van der Waals surface area (Å²) in [6, 6.07) is 15.4. The molecule has 0 aromatic heterocycles. The number of piperazine rings is 1. The fourth-order valence-electron chi connectivity index (χ4n) is 5.10. The molecule has 2 heterocycles. The quantitative estimate of drug-likeness (QED) is 0.733. The lowest BCUT2D eigenvalue weighted by atomic mass is 9.83. The molecule has 34 heavy (non-hydrogen) atoms. The van der Waals surface area contributed by atoms with Crippen LogP contribution in [0.2, 0.25) is 0 Å². The number of rotatable bonds is 5. The van der Waals surface area contributed by atoms with E-state index in [9.17, 15) is 14.0 Å². The zero-order valence-electron chi connectivity index (χ0n) is 20.2. The third-order valence-electron chi connectivity index (χ3n) is 7.00. The molecule has 2 aliphatic rings. The summed E-state index contributed by atoms with van der Waals surface area (Å²) in [4.78, 5) is 32.3. The minimum atomic E-state index is -0.257. The summed E-state index contributed by atoms with van der Waals surface area (Å²) in [7, 11) is 0. The van der Waals surface area contributed by atoms with Gasteiger partial charge in [-0.05, 0) is 43.0 Å². The maximum Gasteiger partial charge on any atom is 0.317 e. The number of nitrogens with one attached hydrogen (secondary N) is 1. The molecule has 0 radical (unpaired) electrons. The molecule has 182 valence electrons. The van der Waals surface area contributed by atoms with Gasteiger partial charge in [-0.1, -0.05) is 42.5 Å². The van der Waals surface area contributed by atoms with E-state index < -0.39 is 0 Å². The van der Waals surface area contributed by atoms with Gasteiger partial charge < -0.3 is 15.1 Å². The number of likely N-dealkylation sites (tertiary alicyclic amines) is 1. The molecule has 0 saturated carbocycles. The van der Waals surface area contributed by atoms with Crippen LogP contribution in [-0.4, -0.2) is 72.5 Å². The van der Waals surface area contributed by atoms with Crippen LogP contribution in [0.25, 0.3) is 0 Å². The highest BCUT2D eigenvalue weighted by Crippen LogP contribution is 2.32. The topological polar surface area (TPSA) is 55.9 Å². The second-order valence-corrected chi connectivity index (χ2v) is 9.47.